The highest BCUT2D eigenvalue weighted by atomic mass is 35.5. The standard InChI is InChI=1S/C13H19ClN4/c1-2-16-13(15)18-9-7-17(8-10-18)12-5-3-11(14)4-6-12/h3-6H,2,7-10H2,1H3,(H2,15,16). The fourth-order valence-corrected chi connectivity index (χ4v) is 2.23. The van der Waals surface area contributed by atoms with E-state index in [0.717, 1.165) is 37.7 Å². The minimum Gasteiger partial charge on any atom is -0.370 e. The summed E-state index contributed by atoms with van der Waals surface area (Å²) in [4.78, 5) is 8.72. The summed E-state index contributed by atoms with van der Waals surface area (Å²) in [5.74, 6) is 0.660. The van der Waals surface area contributed by atoms with Gasteiger partial charge in [0.1, 0.15) is 0 Å². The van der Waals surface area contributed by atoms with Crippen molar-refractivity contribution < 1.29 is 0 Å². The van der Waals surface area contributed by atoms with Gasteiger partial charge in [0.05, 0.1) is 0 Å². The van der Waals surface area contributed by atoms with Crippen LogP contribution in [0, 0.1) is 0 Å². The summed E-state index contributed by atoms with van der Waals surface area (Å²) in [6.45, 7) is 6.49. The highest BCUT2D eigenvalue weighted by Gasteiger charge is 2.18. The first-order valence-corrected chi connectivity index (χ1v) is 6.64. The molecule has 1 heterocycles. The molecule has 18 heavy (non-hydrogen) atoms. The maximum absolute atomic E-state index is 5.90. The smallest absolute Gasteiger partial charge is 0.191 e. The quantitative estimate of drug-likeness (QED) is 0.656. The lowest BCUT2D eigenvalue weighted by atomic mass is 10.2. The van der Waals surface area contributed by atoms with Crippen LogP contribution in [0.5, 0.6) is 0 Å². The number of nitrogens with two attached hydrogens (primary N) is 1. The molecule has 0 unspecified atom stereocenters. The van der Waals surface area contributed by atoms with Crippen molar-refractivity contribution in [2.24, 2.45) is 10.7 Å². The molecular formula is C13H19ClN4. The lowest BCUT2D eigenvalue weighted by Gasteiger charge is -2.36. The summed E-state index contributed by atoms with van der Waals surface area (Å²) in [6.07, 6.45) is 0. The molecule has 0 saturated carbocycles. The normalized spacial score (nSPS) is 17.1. The van der Waals surface area contributed by atoms with Gasteiger partial charge in [0.25, 0.3) is 0 Å². The third-order valence-corrected chi connectivity index (χ3v) is 3.37. The Morgan fingerprint density at radius 2 is 1.83 bits per heavy atom. The minimum atomic E-state index is 0.660. The van der Waals surface area contributed by atoms with Gasteiger partial charge in [-0.1, -0.05) is 11.6 Å². The molecule has 4 nitrogen and oxygen atoms in total. The predicted octanol–water partition coefficient (Wildman–Crippen LogP) is 1.80. The number of halogens is 1. The molecule has 0 aliphatic carbocycles. The number of anilines is 1. The van der Waals surface area contributed by atoms with Crippen LogP contribution in [0.25, 0.3) is 0 Å². The second-order valence-corrected chi connectivity index (χ2v) is 4.72. The lowest BCUT2D eigenvalue weighted by Crippen LogP contribution is -2.51. The van der Waals surface area contributed by atoms with E-state index in [1.54, 1.807) is 0 Å². The van der Waals surface area contributed by atoms with E-state index in [4.69, 9.17) is 17.3 Å². The van der Waals surface area contributed by atoms with Gasteiger partial charge in [0.15, 0.2) is 5.96 Å². The van der Waals surface area contributed by atoms with Gasteiger partial charge in [-0.15, -0.1) is 0 Å². The van der Waals surface area contributed by atoms with Crippen LogP contribution in [0.4, 0.5) is 5.69 Å². The number of benzene rings is 1. The zero-order chi connectivity index (χ0) is 13.0. The fourth-order valence-electron chi connectivity index (χ4n) is 2.11. The summed E-state index contributed by atoms with van der Waals surface area (Å²) in [5, 5.41) is 0.775. The molecular weight excluding hydrogens is 248 g/mol. The first-order chi connectivity index (χ1) is 8.70. The monoisotopic (exact) mass is 266 g/mol. The summed E-state index contributed by atoms with van der Waals surface area (Å²) < 4.78 is 0. The highest BCUT2D eigenvalue weighted by Crippen LogP contribution is 2.19. The maximum atomic E-state index is 5.90. The third-order valence-electron chi connectivity index (χ3n) is 3.12. The van der Waals surface area contributed by atoms with Gasteiger partial charge in [0, 0.05) is 43.4 Å². The van der Waals surface area contributed by atoms with Crippen molar-refractivity contribution in [3.63, 3.8) is 0 Å². The summed E-state index contributed by atoms with van der Waals surface area (Å²) in [6, 6.07) is 7.97. The fraction of sp³-hybridized carbons (Fsp3) is 0.462. The Hall–Kier alpha value is -1.42. The zero-order valence-electron chi connectivity index (χ0n) is 10.6. The van der Waals surface area contributed by atoms with Crippen molar-refractivity contribution >= 4 is 23.2 Å². The third kappa shape index (κ3) is 3.07. The van der Waals surface area contributed by atoms with Gasteiger partial charge in [-0.25, -0.2) is 0 Å². The summed E-state index contributed by atoms with van der Waals surface area (Å²) >= 11 is 5.89. The Balaban J connectivity index is 1.94. The molecule has 0 aromatic heterocycles. The van der Waals surface area contributed by atoms with Crippen LogP contribution in [0.3, 0.4) is 0 Å². The van der Waals surface area contributed by atoms with E-state index in [-0.39, 0.29) is 0 Å². The van der Waals surface area contributed by atoms with Crippen molar-refractivity contribution in [2.45, 2.75) is 6.92 Å². The average molecular weight is 267 g/mol. The molecule has 0 amide bonds. The number of nitrogens with zero attached hydrogens (tertiary/aromatic N) is 3. The van der Waals surface area contributed by atoms with Crippen molar-refractivity contribution in [3.05, 3.63) is 29.3 Å². The van der Waals surface area contributed by atoms with Gasteiger partial charge >= 0.3 is 0 Å². The number of hydrogen-bond donors (Lipinski definition) is 1. The van der Waals surface area contributed by atoms with E-state index in [2.05, 4.69) is 26.9 Å². The molecule has 2 N–H and O–H groups in total. The summed E-state index contributed by atoms with van der Waals surface area (Å²) in [7, 11) is 0. The van der Waals surface area contributed by atoms with E-state index in [0.29, 0.717) is 5.96 Å². The van der Waals surface area contributed by atoms with Gasteiger partial charge in [-0.05, 0) is 31.2 Å². The molecule has 1 aliphatic rings. The van der Waals surface area contributed by atoms with E-state index >= 15 is 0 Å². The molecule has 0 bridgehead atoms. The number of guanidine groups is 1. The number of aliphatic imine (C=N–C) groups is 1. The Morgan fingerprint density at radius 3 is 2.39 bits per heavy atom. The predicted molar refractivity (Wildman–Crippen MR) is 77.4 cm³/mol. The molecule has 0 spiro atoms. The number of piperazine rings is 1. The van der Waals surface area contributed by atoms with Crippen LogP contribution in [-0.4, -0.2) is 43.6 Å². The van der Waals surface area contributed by atoms with E-state index in [1.807, 2.05) is 19.1 Å². The van der Waals surface area contributed by atoms with E-state index < -0.39 is 0 Å². The van der Waals surface area contributed by atoms with Crippen LogP contribution in [0.1, 0.15) is 6.92 Å². The van der Waals surface area contributed by atoms with Crippen LogP contribution in [-0.2, 0) is 0 Å². The van der Waals surface area contributed by atoms with Crippen molar-refractivity contribution in [1.82, 2.24) is 4.90 Å². The molecule has 98 valence electrons. The second kappa shape index (κ2) is 5.96. The lowest BCUT2D eigenvalue weighted by molar-refractivity contribution is 0.381. The molecule has 5 heteroatoms. The molecule has 1 aromatic rings. The van der Waals surface area contributed by atoms with Crippen LogP contribution < -0.4 is 10.6 Å². The summed E-state index contributed by atoms with van der Waals surface area (Å²) in [5.41, 5.74) is 7.12. The van der Waals surface area contributed by atoms with Crippen molar-refractivity contribution in [2.75, 3.05) is 37.6 Å². The van der Waals surface area contributed by atoms with Gasteiger partial charge in [-0.2, -0.15) is 0 Å². The molecule has 1 fully saturated rings. The second-order valence-electron chi connectivity index (χ2n) is 4.28. The van der Waals surface area contributed by atoms with Gasteiger partial charge in [0.2, 0.25) is 0 Å². The van der Waals surface area contributed by atoms with Crippen LogP contribution in [0.15, 0.2) is 29.3 Å². The number of hydrogen-bond acceptors (Lipinski definition) is 2. The SMILES string of the molecule is CCN=C(N)N1CCN(c2ccc(Cl)cc2)CC1. The molecule has 1 aromatic carbocycles. The zero-order valence-corrected chi connectivity index (χ0v) is 11.4. The molecule has 0 atom stereocenters. The largest absolute Gasteiger partial charge is 0.370 e. The Labute approximate surface area is 113 Å². The van der Waals surface area contributed by atoms with Crippen molar-refractivity contribution in [1.29, 1.82) is 0 Å². The number of rotatable bonds is 2. The molecule has 0 radical (unpaired) electrons. The van der Waals surface area contributed by atoms with Crippen LogP contribution >= 0.6 is 11.6 Å². The minimum absolute atomic E-state index is 0.660. The van der Waals surface area contributed by atoms with Gasteiger partial charge in [-0.3, -0.25) is 4.99 Å². The first kappa shape index (κ1) is 13.0. The van der Waals surface area contributed by atoms with E-state index in [9.17, 15) is 0 Å². The Morgan fingerprint density at radius 1 is 1.22 bits per heavy atom. The topological polar surface area (TPSA) is 44.9 Å². The van der Waals surface area contributed by atoms with Crippen molar-refractivity contribution in [3.8, 4) is 0 Å². The van der Waals surface area contributed by atoms with E-state index in [1.165, 1.54) is 5.69 Å². The molecule has 1 aliphatic heterocycles. The first-order valence-electron chi connectivity index (χ1n) is 6.26. The Bertz CT molecular complexity index is 408. The van der Waals surface area contributed by atoms with Gasteiger partial charge < -0.3 is 15.5 Å². The highest BCUT2D eigenvalue weighted by molar-refractivity contribution is 6.30. The van der Waals surface area contributed by atoms with Crippen LogP contribution in [0.2, 0.25) is 5.02 Å². The Kier molecular flexibility index (Phi) is 4.31. The molecule has 2 rings (SSSR count). The maximum Gasteiger partial charge on any atom is 0.191 e. The average Bonchev–Trinajstić information content (AvgIpc) is 2.40. The molecule has 1 saturated heterocycles.